The largest absolute Gasteiger partial charge is 0.464 e. The number of H-pyrrole nitrogens is 2. The zero-order valence-electron chi connectivity index (χ0n) is 19.4. The molecule has 2 N–H and O–H groups in total. The standard InChI is InChI=1S/C26H30N6O2/c1-16(20-15-27-21-9-2-7-19(25(20)21)23-11-5-13-34-23)14-24(33)32-12-4-8-17-18(6-3-10-22(17)32)26-28-30-31-29-26/h2,5,7,9,11,13,15-18,22,27H,3-4,6,8,10,12,14H2,1H3,(H,28,29,30,31). The average molecular weight is 459 g/mol. The van der Waals surface area contributed by atoms with Gasteiger partial charge in [0.15, 0.2) is 5.82 Å². The van der Waals surface area contributed by atoms with Gasteiger partial charge < -0.3 is 14.3 Å². The van der Waals surface area contributed by atoms with Crippen LogP contribution in [0.2, 0.25) is 0 Å². The number of likely N-dealkylation sites (tertiary alicyclic amines) is 1. The molecule has 4 aromatic rings. The van der Waals surface area contributed by atoms with Crippen molar-refractivity contribution in [1.82, 2.24) is 30.5 Å². The molecule has 34 heavy (non-hydrogen) atoms. The highest BCUT2D eigenvalue weighted by atomic mass is 16.3. The van der Waals surface area contributed by atoms with Crippen molar-refractivity contribution in [2.24, 2.45) is 5.92 Å². The minimum Gasteiger partial charge on any atom is -0.464 e. The summed E-state index contributed by atoms with van der Waals surface area (Å²) in [4.78, 5) is 19.2. The zero-order valence-corrected chi connectivity index (χ0v) is 19.4. The summed E-state index contributed by atoms with van der Waals surface area (Å²) in [6.07, 6.45) is 9.67. The maximum absolute atomic E-state index is 13.7. The summed E-state index contributed by atoms with van der Waals surface area (Å²) < 4.78 is 5.70. The van der Waals surface area contributed by atoms with Crippen molar-refractivity contribution < 1.29 is 9.21 Å². The molecular weight excluding hydrogens is 428 g/mol. The fraction of sp³-hybridized carbons (Fsp3) is 0.462. The number of nitrogens with zero attached hydrogens (tertiary/aromatic N) is 4. The van der Waals surface area contributed by atoms with Crippen molar-refractivity contribution in [2.75, 3.05) is 6.54 Å². The number of carbonyl (C=O) groups is 1. The number of rotatable bonds is 5. The Kier molecular flexibility index (Phi) is 5.43. The normalized spacial score (nSPS) is 23.7. The minimum atomic E-state index is 0.0931. The van der Waals surface area contributed by atoms with Crippen LogP contribution in [0.5, 0.6) is 0 Å². The molecule has 4 unspecified atom stereocenters. The van der Waals surface area contributed by atoms with E-state index in [2.05, 4.69) is 55.8 Å². The van der Waals surface area contributed by atoms with E-state index in [-0.39, 0.29) is 17.9 Å². The molecule has 0 spiro atoms. The Morgan fingerprint density at radius 1 is 1.21 bits per heavy atom. The molecule has 1 aliphatic heterocycles. The predicted octanol–water partition coefficient (Wildman–Crippen LogP) is 5.01. The Hall–Kier alpha value is -3.42. The second-order valence-corrected chi connectivity index (χ2v) is 9.84. The minimum absolute atomic E-state index is 0.0931. The van der Waals surface area contributed by atoms with Gasteiger partial charge in [0, 0.05) is 47.6 Å². The van der Waals surface area contributed by atoms with Crippen LogP contribution in [-0.2, 0) is 4.79 Å². The van der Waals surface area contributed by atoms with Gasteiger partial charge in [-0.3, -0.25) is 4.79 Å². The first-order chi connectivity index (χ1) is 16.7. The molecule has 8 nitrogen and oxygen atoms in total. The number of carbonyl (C=O) groups excluding carboxylic acids is 1. The monoisotopic (exact) mass is 458 g/mol. The van der Waals surface area contributed by atoms with Crippen molar-refractivity contribution >= 4 is 16.8 Å². The van der Waals surface area contributed by atoms with Crippen LogP contribution >= 0.6 is 0 Å². The number of hydrogen-bond donors (Lipinski definition) is 2. The molecule has 4 atom stereocenters. The Balaban J connectivity index is 1.24. The van der Waals surface area contributed by atoms with E-state index in [9.17, 15) is 4.79 Å². The first-order valence-electron chi connectivity index (χ1n) is 12.4. The maximum Gasteiger partial charge on any atom is 0.223 e. The highest BCUT2D eigenvalue weighted by Crippen LogP contribution is 2.44. The maximum atomic E-state index is 13.7. The molecule has 8 heteroatoms. The van der Waals surface area contributed by atoms with Gasteiger partial charge in [-0.05, 0) is 71.7 Å². The number of fused-ring (bicyclic) bond motifs is 2. The van der Waals surface area contributed by atoms with Crippen LogP contribution in [0.4, 0.5) is 0 Å². The quantitative estimate of drug-likeness (QED) is 0.438. The van der Waals surface area contributed by atoms with Crippen LogP contribution in [0, 0.1) is 5.92 Å². The first-order valence-corrected chi connectivity index (χ1v) is 12.4. The Morgan fingerprint density at radius 2 is 2.15 bits per heavy atom. The molecule has 1 saturated heterocycles. The van der Waals surface area contributed by atoms with Gasteiger partial charge in [0.05, 0.1) is 6.26 Å². The third-order valence-corrected chi connectivity index (χ3v) is 7.93. The Labute approximate surface area is 198 Å². The Bertz CT molecular complexity index is 1260. The van der Waals surface area contributed by atoms with Crippen molar-refractivity contribution in [3.05, 3.63) is 54.2 Å². The van der Waals surface area contributed by atoms with Crippen LogP contribution in [0.25, 0.3) is 22.2 Å². The molecule has 6 rings (SSSR count). The summed E-state index contributed by atoms with van der Waals surface area (Å²) in [5.74, 6) is 2.81. The second-order valence-electron chi connectivity index (χ2n) is 9.84. The molecular formula is C26H30N6O2. The van der Waals surface area contributed by atoms with Gasteiger partial charge in [-0.1, -0.05) is 25.5 Å². The average Bonchev–Trinajstić information content (AvgIpc) is 3.64. The summed E-state index contributed by atoms with van der Waals surface area (Å²) >= 11 is 0. The van der Waals surface area contributed by atoms with Crippen molar-refractivity contribution in [3.8, 4) is 11.3 Å². The number of hydrogen-bond acceptors (Lipinski definition) is 5. The fourth-order valence-electron chi connectivity index (χ4n) is 6.39. The lowest BCUT2D eigenvalue weighted by atomic mass is 9.70. The van der Waals surface area contributed by atoms with Gasteiger partial charge in [-0.25, -0.2) is 5.10 Å². The van der Waals surface area contributed by atoms with Crippen molar-refractivity contribution in [1.29, 1.82) is 0 Å². The van der Waals surface area contributed by atoms with Crippen LogP contribution in [0.3, 0.4) is 0 Å². The van der Waals surface area contributed by atoms with Crippen LogP contribution in [0.15, 0.2) is 47.2 Å². The number of piperidine rings is 1. The number of tetrazole rings is 1. The smallest absolute Gasteiger partial charge is 0.223 e. The fourth-order valence-corrected chi connectivity index (χ4v) is 6.39. The number of benzene rings is 1. The topological polar surface area (TPSA) is 104 Å². The molecule has 2 aliphatic rings. The van der Waals surface area contributed by atoms with E-state index >= 15 is 0 Å². The molecule has 1 amide bonds. The zero-order chi connectivity index (χ0) is 23.1. The van der Waals surface area contributed by atoms with E-state index in [0.717, 1.165) is 72.3 Å². The van der Waals surface area contributed by atoms with Gasteiger partial charge in [0.1, 0.15) is 5.76 Å². The molecule has 0 radical (unpaired) electrons. The SMILES string of the molecule is CC(CC(=O)N1CCCC2C(c3nnn[nH]3)CCCC21)c1c[nH]c2cccc(-c3ccco3)c12. The van der Waals surface area contributed by atoms with Gasteiger partial charge >= 0.3 is 0 Å². The molecule has 2 fully saturated rings. The van der Waals surface area contributed by atoms with Crippen LogP contribution in [-0.4, -0.2) is 49.0 Å². The lowest BCUT2D eigenvalue weighted by Gasteiger charge is -2.47. The van der Waals surface area contributed by atoms with E-state index in [4.69, 9.17) is 4.42 Å². The van der Waals surface area contributed by atoms with Gasteiger partial charge in [-0.2, -0.15) is 0 Å². The number of furan rings is 1. The lowest BCUT2D eigenvalue weighted by Crippen LogP contribution is -2.51. The van der Waals surface area contributed by atoms with E-state index in [1.54, 1.807) is 6.26 Å². The third kappa shape index (κ3) is 3.61. The van der Waals surface area contributed by atoms with Gasteiger partial charge in [0.25, 0.3) is 0 Å². The van der Waals surface area contributed by atoms with Gasteiger partial charge in [0.2, 0.25) is 5.91 Å². The summed E-state index contributed by atoms with van der Waals surface area (Å²) in [7, 11) is 0. The van der Waals surface area contributed by atoms with Gasteiger partial charge in [-0.15, -0.1) is 5.10 Å². The Morgan fingerprint density at radius 3 is 2.97 bits per heavy atom. The van der Waals surface area contributed by atoms with E-state index in [1.165, 1.54) is 0 Å². The third-order valence-electron chi connectivity index (χ3n) is 7.93. The highest BCUT2D eigenvalue weighted by molar-refractivity contribution is 5.97. The molecule has 3 aromatic heterocycles. The molecule has 0 bridgehead atoms. The number of nitrogens with one attached hydrogen (secondary N) is 2. The molecule has 1 aromatic carbocycles. The van der Waals surface area contributed by atoms with Crippen LogP contribution in [0.1, 0.15) is 68.7 Å². The number of aromatic nitrogens is 5. The van der Waals surface area contributed by atoms with Crippen molar-refractivity contribution in [3.63, 3.8) is 0 Å². The van der Waals surface area contributed by atoms with Crippen molar-refractivity contribution in [2.45, 2.75) is 63.3 Å². The molecule has 4 heterocycles. The second kappa shape index (κ2) is 8.74. The molecule has 176 valence electrons. The molecule has 1 aliphatic carbocycles. The summed E-state index contributed by atoms with van der Waals surface area (Å²) in [6, 6.07) is 10.4. The number of aromatic amines is 2. The van der Waals surface area contributed by atoms with E-state index in [1.807, 2.05) is 18.2 Å². The van der Waals surface area contributed by atoms with E-state index < -0.39 is 0 Å². The predicted molar refractivity (Wildman–Crippen MR) is 128 cm³/mol. The summed E-state index contributed by atoms with van der Waals surface area (Å²) in [6.45, 7) is 3.00. The highest BCUT2D eigenvalue weighted by Gasteiger charge is 2.42. The summed E-state index contributed by atoms with van der Waals surface area (Å²) in [5, 5.41) is 15.9. The molecule has 1 saturated carbocycles. The lowest BCUT2D eigenvalue weighted by molar-refractivity contribution is -0.138. The number of amides is 1. The van der Waals surface area contributed by atoms with Crippen LogP contribution < -0.4 is 0 Å². The summed E-state index contributed by atoms with van der Waals surface area (Å²) in [5.41, 5.74) is 3.29. The van der Waals surface area contributed by atoms with E-state index in [0.29, 0.717) is 18.3 Å². The first kappa shape index (κ1) is 21.1.